The lowest BCUT2D eigenvalue weighted by Gasteiger charge is -2.07. The predicted molar refractivity (Wildman–Crippen MR) is 57.8 cm³/mol. The van der Waals surface area contributed by atoms with Crippen molar-refractivity contribution in [3.63, 3.8) is 0 Å². The molecule has 0 bridgehead atoms. The van der Waals surface area contributed by atoms with E-state index in [0.717, 1.165) is 0 Å². The summed E-state index contributed by atoms with van der Waals surface area (Å²) in [5.41, 5.74) is 0.288. The quantitative estimate of drug-likeness (QED) is 0.802. The largest absolute Gasteiger partial charge is 0.504 e. The van der Waals surface area contributed by atoms with Gasteiger partial charge in [0.2, 0.25) is 0 Å². The summed E-state index contributed by atoms with van der Waals surface area (Å²) in [6.07, 6.45) is 2.02. The highest BCUT2D eigenvalue weighted by Crippen LogP contribution is 2.18. The normalized spacial score (nSPS) is 13.1. The fourth-order valence-corrected chi connectivity index (χ4v) is 1.39. The molecular formula is C12H14F2O2. The van der Waals surface area contributed by atoms with Crippen LogP contribution in [0.4, 0.5) is 8.78 Å². The van der Waals surface area contributed by atoms with E-state index in [2.05, 4.69) is 4.74 Å². The average molecular weight is 228 g/mol. The number of rotatable bonds is 4. The first kappa shape index (κ1) is 12.6. The maximum absolute atomic E-state index is 13.5. The second kappa shape index (κ2) is 5.61. The summed E-state index contributed by atoms with van der Waals surface area (Å²) in [6.45, 7) is 1.56. The van der Waals surface area contributed by atoms with Gasteiger partial charge in [-0.25, -0.2) is 8.78 Å². The van der Waals surface area contributed by atoms with Gasteiger partial charge in [-0.1, -0.05) is 0 Å². The maximum Gasteiger partial charge on any atom is 0.133 e. The van der Waals surface area contributed by atoms with E-state index in [9.17, 15) is 8.78 Å². The van der Waals surface area contributed by atoms with E-state index in [4.69, 9.17) is 5.11 Å². The molecule has 0 saturated heterocycles. The highest BCUT2D eigenvalue weighted by atomic mass is 19.1. The topological polar surface area (TPSA) is 29.5 Å². The molecular weight excluding hydrogens is 214 g/mol. The lowest BCUT2D eigenvalue weighted by molar-refractivity contribution is 0.195. The van der Waals surface area contributed by atoms with Gasteiger partial charge in [-0.2, -0.15) is 0 Å². The molecule has 1 rings (SSSR count). The number of halogens is 2. The van der Waals surface area contributed by atoms with Gasteiger partial charge in [0.15, 0.2) is 0 Å². The number of hydrogen-bond donors (Lipinski definition) is 1. The monoisotopic (exact) mass is 228 g/mol. The van der Waals surface area contributed by atoms with Crippen LogP contribution in [0, 0.1) is 11.6 Å². The Bertz CT molecular complexity index is 364. The van der Waals surface area contributed by atoms with E-state index in [-0.39, 0.29) is 12.0 Å². The fraction of sp³-hybridized carbons (Fsp3) is 0.333. The summed E-state index contributed by atoms with van der Waals surface area (Å²) < 4.78 is 31.5. The number of aliphatic hydroxyl groups excluding tert-OH is 1. The first-order valence-electron chi connectivity index (χ1n) is 4.90. The van der Waals surface area contributed by atoms with E-state index in [1.165, 1.54) is 31.6 Å². The van der Waals surface area contributed by atoms with E-state index < -0.39 is 17.7 Å². The van der Waals surface area contributed by atoms with Gasteiger partial charge in [0, 0.05) is 5.56 Å². The molecule has 1 unspecified atom stereocenters. The van der Waals surface area contributed by atoms with Crippen LogP contribution in [0.1, 0.15) is 18.1 Å². The molecule has 1 aromatic carbocycles. The Balaban J connectivity index is 3.02. The van der Waals surface area contributed by atoms with E-state index in [0.29, 0.717) is 5.56 Å². The van der Waals surface area contributed by atoms with Gasteiger partial charge in [-0.3, -0.25) is 0 Å². The molecule has 0 aromatic heterocycles. The first-order valence-corrected chi connectivity index (χ1v) is 4.90. The number of hydrogen-bond acceptors (Lipinski definition) is 2. The van der Waals surface area contributed by atoms with E-state index in [1.807, 2.05) is 0 Å². The molecule has 2 nitrogen and oxygen atoms in total. The van der Waals surface area contributed by atoms with Crippen molar-refractivity contribution in [1.82, 2.24) is 0 Å². The molecule has 16 heavy (non-hydrogen) atoms. The van der Waals surface area contributed by atoms with Crippen molar-refractivity contribution < 1.29 is 18.6 Å². The minimum atomic E-state index is -0.663. The van der Waals surface area contributed by atoms with Crippen LogP contribution in [0.3, 0.4) is 0 Å². The van der Waals surface area contributed by atoms with Crippen molar-refractivity contribution in [1.29, 1.82) is 0 Å². The minimum Gasteiger partial charge on any atom is -0.504 e. The molecule has 0 spiro atoms. The smallest absolute Gasteiger partial charge is 0.133 e. The Hall–Kier alpha value is -1.42. The molecule has 1 N–H and O–H groups in total. The van der Waals surface area contributed by atoms with Crippen molar-refractivity contribution >= 4 is 6.08 Å². The third kappa shape index (κ3) is 3.31. The number of ether oxygens (including phenoxy) is 1. The fourth-order valence-electron chi connectivity index (χ4n) is 1.39. The molecule has 1 atom stereocenters. The molecule has 0 amide bonds. The Morgan fingerprint density at radius 3 is 2.38 bits per heavy atom. The predicted octanol–water partition coefficient (Wildman–Crippen LogP) is 2.51. The van der Waals surface area contributed by atoms with Crippen molar-refractivity contribution in [2.24, 2.45) is 0 Å². The van der Waals surface area contributed by atoms with Gasteiger partial charge in [-0.15, -0.1) is 0 Å². The van der Waals surface area contributed by atoms with E-state index in [1.54, 1.807) is 6.92 Å². The van der Waals surface area contributed by atoms with Gasteiger partial charge in [0.1, 0.15) is 11.6 Å². The highest BCUT2D eigenvalue weighted by Gasteiger charge is 2.10. The van der Waals surface area contributed by atoms with Crippen LogP contribution in [-0.4, -0.2) is 18.3 Å². The Kier molecular flexibility index (Phi) is 4.43. The van der Waals surface area contributed by atoms with Gasteiger partial charge in [0.25, 0.3) is 0 Å². The zero-order chi connectivity index (χ0) is 12.1. The maximum atomic E-state index is 13.5. The molecule has 88 valence electrons. The molecule has 0 aliphatic heterocycles. The van der Waals surface area contributed by atoms with Crippen LogP contribution >= 0.6 is 0 Å². The summed E-state index contributed by atoms with van der Waals surface area (Å²) in [4.78, 5) is 0. The number of methoxy groups -OCH3 is 1. The van der Waals surface area contributed by atoms with Crippen molar-refractivity contribution in [2.75, 3.05) is 7.11 Å². The van der Waals surface area contributed by atoms with E-state index >= 15 is 0 Å². The van der Waals surface area contributed by atoms with Crippen molar-refractivity contribution in [2.45, 2.75) is 19.4 Å². The van der Waals surface area contributed by atoms with Crippen LogP contribution in [0.25, 0.3) is 6.08 Å². The first-order chi connectivity index (χ1) is 7.54. The molecule has 0 saturated carbocycles. The molecule has 0 radical (unpaired) electrons. The summed E-state index contributed by atoms with van der Waals surface area (Å²) in [5.74, 6) is -1.33. The molecule has 0 fully saturated rings. The lowest BCUT2D eigenvalue weighted by atomic mass is 10.1. The minimum absolute atomic E-state index is 0.142. The van der Waals surface area contributed by atoms with Crippen LogP contribution in [0.5, 0.6) is 0 Å². The molecule has 0 aliphatic rings. The molecule has 4 heteroatoms. The zero-order valence-electron chi connectivity index (χ0n) is 9.21. The molecule has 0 heterocycles. The van der Waals surface area contributed by atoms with Crippen LogP contribution in [-0.2, 0) is 11.2 Å². The summed E-state index contributed by atoms with van der Waals surface area (Å²) in [6, 6.07) is 2.43. The van der Waals surface area contributed by atoms with Gasteiger partial charge >= 0.3 is 0 Å². The summed E-state index contributed by atoms with van der Waals surface area (Å²) in [7, 11) is 1.40. The third-order valence-electron chi connectivity index (χ3n) is 2.04. The van der Waals surface area contributed by atoms with Crippen molar-refractivity contribution in [3.8, 4) is 0 Å². The lowest BCUT2D eigenvalue weighted by Crippen LogP contribution is -2.05. The highest BCUT2D eigenvalue weighted by molar-refractivity contribution is 5.50. The molecule has 1 aromatic rings. The van der Waals surface area contributed by atoms with Crippen molar-refractivity contribution in [3.05, 3.63) is 41.2 Å². The van der Waals surface area contributed by atoms with Gasteiger partial charge in [-0.05, 0) is 37.1 Å². The Morgan fingerprint density at radius 1 is 1.38 bits per heavy atom. The van der Waals surface area contributed by atoms with Gasteiger partial charge < -0.3 is 9.84 Å². The Morgan fingerprint density at radius 2 is 1.94 bits per heavy atom. The average Bonchev–Trinajstić information content (AvgIpc) is 2.15. The number of benzene rings is 1. The zero-order valence-corrected chi connectivity index (χ0v) is 9.21. The van der Waals surface area contributed by atoms with Crippen LogP contribution in [0.2, 0.25) is 0 Å². The SMILES string of the molecule is CO/C=C/c1c(F)cc(CC(C)O)cc1F. The summed E-state index contributed by atoms with van der Waals surface area (Å²) in [5, 5.41) is 9.12. The summed E-state index contributed by atoms with van der Waals surface area (Å²) >= 11 is 0. The Labute approximate surface area is 93.2 Å². The number of aliphatic hydroxyl groups is 1. The standard InChI is InChI=1S/C12H14F2O2/c1-8(15)5-9-6-11(13)10(3-4-16-2)12(14)7-9/h3-4,6-8,15H,5H2,1-2H3/b4-3+. The molecule has 0 aliphatic carbocycles. The van der Waals surface area contributed by atoms with Crippen LogP contribution in [0.15, 0.2) is 18.4 Å². The van der Waals surface area contributed by atoms with Gasteiger partial charge in [0.05, 0.1) is 19.5 Å². The van der Waals surface area contributed by atoms with Crippen LogP contribution < -0.4 is 0 Å². The second-order valence-electron chi connectivity index (χ2n) is 3.56. The second-order valence-corrected chi connectivity index (χ2v) is 3.56. The third-order valence-corrected chi connectivity index (χ3v) is 2.04.